The summed E-state index contributed by atoms with van der Waals surface area (Å²) in [4.78, 5) is 21.3. The van der Waals surface area contributed by atoms with E-state index in [1.807, 2.05) is 0 Å². The molecule has 174 valence electrons. The number of nitro groups is 1. The predicted molar refractivity (Wildman–Crippen MR) is 126 cm³/mol. The van der Waals surface area contributed by atoms with Crippen LogP contribution in [0.3, 0.4) is 0 Å². The van der Waals surface area contributed by atoms with Crippen LogP contribution in [0.2, 0.25) is 0 Å². The average molecular weight is 434 g/mol. The quantitative estimate of drug-likeness (QED) is 0.105. The number of carboxylic acid groups (broad SMARTS) is 1. The second-order valence-corrected chi connectivity index (χ2v) is 8.10. The lowest BCUT2D eigenvalue weighted by molar-refractivity contribution is -0.385. The molecule has 31 heavy (non-hydrogen) atoms. The lowest BCUT2D eigenvalue weighted by Gasteiger charge is -2.07. The third-order valence-corrected chi connectivity index (χ3v) is 5.35. The van der Waals surface area contributed by atoms with Gasteiger partial charge in [-0.1, -0.05) is 96.5 Å². The van der Waals surface area contributed by atoms with Gasteiger partial charge in [-0.05, 0) is 24.1 Å². The van der Waals surface area contributed by atoms with E-state index in [9.17, 15) is 14.9 Å². The summed E-state index contributed by atoms with van der Waals surface area (Å²) < 4.78 is 5.60. The first-order valence-electron chi connectivity index (χ1n) is 11.9. The fourth-order valence-electron chi connectivity index (χ4n) is 3.55. The maximum Gasteiger partial charge on any atom is 0.328 e. The van der Waals surface area contributed by atoms with Crippen molar-refractivity contribution in [3.63, 3.8) is 0 Å². The van der Waals surface area contributed by atoms with Crippen molar-refractivity contribution >= 4 is 17.7 Å². The van der Waals surface area contributed by atoms with E-state index in [0.29, 0.717) is 12.2 Å². The van der Waals surface area contributed by atoms with Gasteiger partial charge >= 0.3 is 11.7 Å². The second kappa shape index (κ2) is 17.3. The molecule has 6 nitrogen and oxygen atoms in total. The first kappa shape index (κ1) is 26.7. The van der Waals surface area contributed by atoms with Crippen LogP contribution in [0, 0.1) is 10.1 Å². The molecule has 1 aromatic rings. The van der Waals surface area contributed by atoms with E-state index in [4.69, 9.17) is 9.84 Å². The number of benzene rings is 1. The molecule has 1 aromatic carbocycles. The molecule has 0 saturated heterocycles. The Balaban J connectivity index is 2.11. The topological polar surface area (TPSA) is 89.7 Å². The van der Waals surface area contributed by atoms with E-state index in [0.717, 1.165) is 18.9 Å². The van der Waals surface area contributed by atoms with Crippen molar-refractivity contribution < 1.29 is 19.6 Å². The first-order valence-corrected chi connectivity index (χ1v) is 11.9. The Morgan fingerprint density at radius 2 is 1.45 bits per heavy atom. The number of carbonyl (C=O) groups is 1. The Morgan fingerprint density at radius 1 is 0.935 bits per heavy atom. The maximum absolute atomic E-state index is 11.3. The first-order chi connectivity index (χ1) is 15.0. The van der Waals surface area contributed by atoms with E-state index in [-0.39, 0.29) is 11.4 Å². The van der Waals surface area contributed by atoms with Gasteiger partial charge in [-0.3, -0.25) is 10.1 Å². The highest BCUT2D eigenvalue weighted by atomic mass is 16.6. The minimum absolute atomic E-state index is 0.141. The molecule has 0 spiro atoms. The summed E-state index contributed by atoms with van der Waals surface area (Å²) in [7, 11) is 0. The number of hydrogen-bond acceptors (Lipinski definition) is 4. The Kier molecular flexibility index (Phi) is 14.9. The minimum atomic E-state index is -1.10. The van der Waals surface area contributed by atoms with Gasteiger partial charge in [0.25, 0.3) is 0 Å². The number of carboxylic acids is 1. The van der Waals surface area contributed by atoms with Gasteiger partial charge in [0, 0.05) is 12.1 Å². The van der Waals surface area contributed by atoms with Crippen LogP contribution < -0.4 is 4.74 Å². The Hall–Kier alpha value is -2.37. The molecule has 0 bridgehead atoms. The van der Waals surface area contributed by atoms with E-state index >= 15 is 0 Å². The zero-order valence-electron chi connectivity index (χ0n) is 19.0. The van der Waals surface area contributed by atoms with Crippen LogP contribution in [0.15, 0.2) is 24.3 Å². The number of hydrogen-bond donors (Lipinski definition) is 1. The largest absolute Gasteiger partial charge is 0.487 e. The summed E-state index contributed by atoms with van der Waals surface area (Å²) in [6.45, 7) is 2.70. The molecule has 0 unspecified atom stereocenters. The predicted octanol–water partition coefficient (Wildman–Crippen LogP) is 7.55. The van der Waals surface area contributed by atoms with Crippen LogP contribution >= 0.6 is 0 Å². The maximum atomic E-state index is 11.3. The number of unbranched alkanes of at least 4 members (excludes halogenated alkanes) is 13. The van der Waals surface area contributed by atoms with Crippen molar-refractivity contribution in [1.82, 2.24) is 0 Å². The highest BCUT2D eigenvalue weighted by Crippen LogP contribution is 2.28. The van der Waals surface area contributed by atoms with Crippen LogP contribution in [0.4, 0.5) is 5.69 Å². The highest BCUT2D eigenvalue weighted by molar-refractivity contribution is 5.85. The summed E-state index contributed by atoms with van der Waals surface area (Å²) in [6, 6.07) is 4.48. The molecule has 0 fully saturated rings. The van der Waals surface area contributed by atoms with E-state index in [2.05, 4.69) is 6.92 Å². The van der Waals surface area contributed by atoms with Crippen LogP contribution in [0.1, 0.15) is 102 Å². The van der Waals surface area contributed by atoms with Crippen molar-refractivity contribution in [3.8, 4) is 5.75 Å². The van der Waals surface area contributed by atoms with E-state index in [1.54, 1.807) is 6.07 Å². The summed E-state index contributed by atoms with van der Waals surface area (Å²) in [5.41, 5.74) is 0.316. The highest BCUT2D eigenvalue weighted by Gasteiger charge is 2.15. The van der Waals surface area contributed by atoms with Gasteiger partial charge in [-0.15, -0.1) is 0 Å². The van der Waals surface area contributed by atoms with Gasteiger partial charge in [0.15, 0.2) is 5.75 Å². The van der Waals surface area contributed by atoms with Crippen molar-refractivity contribution in [2.75, 3.05) is 6.61 Å². The van der Waals surface area contributed by atoms with E-state index in [1.165, 1.54) is 95.3 Å². The fraction of sp³-hybridized carbons (Fsp3) is 0.640. The van der Waals surface area contributed by atoms with Gasteiger partial charge in [0.05, 0.1) is 11.5 Å². The summed E-state index contributed by atoms with van der Waals surface area (Å²) >= 11 is 0. The number of rotatable bonds is 19. The third-order valence-electron chi connectivity index (χ3n) is 5.35. The van der Waals surface area contributed by atoms with Crippen LogP contribution in [-0.4, -0.2) is 22.6 Å². The number of ether oxygens (including phenoxy) is 1. The summed E-state index contributed by atoms with van der Waals surface area (Å²) in [5.74, 6) is -0.868. The zero-order valence-corrected chi connectivity index (χ0v) is 19.0. The molecule has 0 heterocycles. The molecule has 1 N–H and O–H groups in total. The number of aliphatic carboxylic acids is 1. The molecule has 0 aliphatic heterocycles. The SMILES string of the molecule is CCCCCCCCCCCCCCCCOc1ccc(C=CC(=O)O)cc1[N+](=O)[O-]. The lowest BCUT2D eigenvalue weighted by Crippen LogP contribution is -2.01. The van der Waals surface area contributed by atoms with Gasteiger partial charge in [0.2, 0.25) is 0 Å². The second-order valence-electron chi connectivity index (χ2n) is 8.10. The summed E-state index contributed by atoms with van der Waals surface area (Å²) in [6.07, 6.45) is 20.2. The van der Waals surface area contributed by atoms with Gasteiger partial charge < -0.3 is 9.84 Å². The van der Waals surface area contributed by atoms with Gasteiger partial charge in [-0.25, -0.2) is 4.79 Å². The monoisotopic (exact) mass is 433 g/mol. The zero-order chi connectivity index (χ0) is 22.7. The standard InChI is InChI=1S/C25H39NO5/c1-2-3-4-5-6-7-8-9-10-11-12-13-14-15-20-31-24-18-16-22(17-19-25(27)28)21-23(24)26(29)30/h16-19,21H,2-15,20H2,1H3,(H,27,28). The van der Waals surface area contributed by atoms with Crippen molar-refractivity contribution in [2.45, 2.75) is 96.8 Å². The van der Waals surface area contributed by atoms with Crippen LogP contribution in [0.5, 0.6) is 5.75 Å². The van der Waals surface area contributed by atoms with Crippen LogP contribution in [-0.2, 0) is 4.79 Å². The minimum Gasteiger partial charge on any atom is -0.487 e. The molecular weight excluding hydrogens is 394 g/mol. The number of nitro benzene ring substituents is 1. The molecule has 0 saturated carbocycles. The summed E-state index contributed by atoms with van der Waals surface area (Å²) in [5, 5.41) is 19.9. The molecule has 0 aliphatic carbocycles. The Bertz CT molecular complexity index is 672. The van der Waals surface area contributed by atoms with Gasteiger partial charge in [-0.2, -0.15) is 0 Å². The fourth-order valence-corrected chi connectivity index (χ4v) is 3.55. The van der Waals surface area contributed by atoms with Crippen molar-refractivity contribution in [3.05, 3.63) is 40.0 Å². The molecule has 0 aliphatic rings. The molecule has 1 rings (SSSR count). The molecule has 6 heteroatoms. The lowest BCUT2D eigenvalue weighted by atomic mass is 10.0. The molecule has 0 atom stereocenters. The average Bonchev–Trinajstić information content (AvgIpc) is 2.75. The van der Waals surface area contributed by atoms with Crippen molar-refractivity contribution in [2.24, 2.45) is 0 Å². The third kappa shape index (κ3) is 13.5. The smallest absolute Gasteiger partial charge is 0.328 e. The Labute approximate surface area is 186 Å². The molecule has 0 radical (unpaired) electrons. The van der Waals surface area contributed by atoms with E-state index < -0.39 is 10.9 Å². The van der Waals surface area contributed by atoms with Crippen LogP contribution in [0.25, 0.3) is 6.08 Å². The Morgan fingerprint density at radius 3 is 1.94 bits per heavy atom. The molecule has 0 amide bonds. The number of nitrogens with zero attached hydrogens (tertiary/aromatic N) is 1. The van der Waals surface area contributed by atoms with Crippen molar-refractivity contribution in [1.29, 1.82) is 0 Å². The van der Waals surface area contributed by atoms with Gasteiger partial charge in [0.1, 0.15) is 0 Å². The molecular formula is C25H39NO5. The molecule has 0 aromatic heterocycles. The normalized spacial score (nSPS) is 11.1.